The van der Waals surface area contributed by atoms with Crippen LogP contribution in [-0.2, 0) is 32.7 Å². The molecular formula is C42H84NO9P. The number of nitrogens with two attached hydrogens (primary N) is 1. The largest absolute Gasteiger partial charge is 0.480 e. The molecule has 0 saturated heterocycles. The van der Waals surface area contributed by atoms with Crippen LogP contribution in [0.1, 0.15) is 219 Å². The second-order valence-electron chi connectivity index (χ2n) is 15.2. The van der Waals surface area contributed by atoms with Crippen LogP contribution in [0, 0.1) is 0 Å². The van der Waals surface area contributed by atoms with Gasteiger partial charge in [-0.05, 0) is 12.8 Å². The van der Waals surface area contributed by atoms with Crippen molar-refractivity contribution in [2.45, 2.75) is 231 Å². The Labute approximate surface area is 325 Å². The smallest absolute Gasteiger partial charge is 0.472 e. The first-order chi connectivity index (χ1) is 25.7. The van der Waals surface area contributed by atoms with Crippen molar-refractivity contribution in [3.05, 3.63) is 0 Å². The third kappa shape index (κ3) is 39.0. The summed E-state index contributed by atoms with van der Waals surface area (Å²) in [5.74, 6) is -1.76. The Kier molecular flexibility index (Phi) is 38.5. The topological polar surface area (TPSA) is 155 Å². The molecule has 0 aromatic rings. The van der Waals surface area contributed by atoms with Crippen molar-refractivity contribution in [1.29, 1.82) is 0 Å². The molecule has 0 radical (unpaired) electrons. The van der Waals surface area contributed by atoms with Crippen LogP contribution >= 0.6 is 7.82 Å². The van der Waals surface area contributed by atoms with Crippen LogP contribution in [-0.4, -0.2) is 60.5 Å². The minimum atomic E-state index is -4.60. The molecule has 0 amide bonds. The van der Waals surface area contributed by atoms with Gasteiger partial charge in [-0.15, -0.1) is 0 Å². The highest BCUT2D eigenvalue weighted by atomic mass is 31.2. The van der Waals surface area contributed by atoms with E-state index in [1.165, 1.54) is 161 Å². The lowest BCUT2D eigenvalue weighted by atomic mass is 10.0. The van der Waals surface area contributed by atoms with Gasteiger partial charge < -0.3 is 25.2 Å². The van der Waals surface area contributed by atoms with Crippen molar-refractivity contribution in [3.63, 3.8) is 0 Å². The minimum Gasteiger partial charge on any atom is -0.480 e. The summed E-state index contributed by atoms with van der Waals surface area (Å²) < 4.78 is 33.3. The average molecular weight is 778 g/mol. The lowest BCUT2D eigenvalue weighted by Gasteiger charge is -2.20. The van der Waals surface area contributed by atoms with Gasteiger partial charge >= 0.3 is 19.8 Å². The number of carbonyl (C=O) groups is 2. The Morgan fingerprint density at radius 2 is 0.868 bits per heavy atom. The highest BCUT2D eigenvalue weighted by Gasteiger charge is 2.27. The normalized spacial score (nSPS) is 13.9. The third-order valence-electron chi connectivity index (χ3n) is 9.89. The van der Waals surface area contributed by atoms with E-state index < -0.39 is 45.1 Å². The summed E-state index contributed by atoms with van der Waals surface area (Å²) in [5.41, 5.74) is 5.35. The maximum Gasteiger partial charge on any atom is 0.472 e. The van der Waals surface area contributed by atoms with Crippen LogP contribution in [0.4, 0.5) is 0 Å². The molecule has 0 aromatic carbocycles. The summed E-state index contributed by atoms with van der Waals surface area (Å²) in [7, 11) is -4.60. The summed E-state index contributed by atoms with van der Waals surface area (Å²) in [4.78, 5) is 33.5. The quantitative estimate of drug-likeness (QED) is 0.0309. The van der Waals surface area contributed by atoms with E-state index >= 15 is 0 Å². The van der Waals surface area contributed by atoms with E-state index in [1.54, 1.807) is 0 Å². The molecule has 3 unspecified atom stereocenters. The van der Waals surface area contributed by atoms with E-state index in [1.807, 2.05) is 0 Å². The van der Waals surface area contributed by atoms with Crippen LogP contribution in [0.15, 0.2) is 0 Å². The Balaban J connectivity index is 4.14. The first-order valence-corrected chi connectivity index (χ1v) is 23.6. The molecule has 4 N–H and O–H groups in total. The maximum absolute atomic E-state index is 12.6. The second kappa shape index (κ2) is 39.2. The SMILES string of the molecule is CCCCCCCCCCCCCCCCCCCCCC(=O)OC(COCCCCCCCCCCCCCC)COP(=O)(O)OCC(N)C(=O)O. The van der Waals surface area contributed by atoms with Gasteiger partial charge in [0.1, 0.15) is 12.1 Å². The van der Waals surface area contributed by atoms with Crippen molar-refractivity contribution in [2.75, 3.05) is 26.4 Å². The van der Waals surface area contributed by atoms with Gasteiger partial charge in [0.05, 0.1) is 19.8 Å². The average Bonchev–Trinajstić information content (AvgIpc) is 3.13. The Morgan fingerprint density at radius 1 is 0.528 bits per heavy atom. The molecule has 0 spiro atoms. The van der Waals surface area contributed by atoms with Gasteiger partial charge in [-0.2, -0.15) is 0 Å². The predicted octanol–water partition coefficient (Wildman–Crippen LogP) is 12.0. The highest BCUT2D eigenvalue weighted by molar-refractivity contribution is 7.47. The number of phosphoric acid groups is 1. The number of carboxylic acids is 1. The zero-order chi connectivity index (χ0) is 39.1. The van der Waals surface area contributed by atoms with Gasteiger partial charge in [0.25, 0.3) is 0 Å². The van der Waals surface area contributed by atoms with Crippen LogP contribution in [0.25, 0.3) is 0 Å². The van der Waals surface area contributed by atoms with Gasteiger partial charge in [0.15, 0.2) is 0 Å². The Hall–Kier alpha value is -1.03. The van der Waals surface area contributed by atoms with E-state index in [4.69, 9.17) is 29.4 Å². The standard InChI is InChI=1S/C42H84NO9P/c1-3-5-7-9-11-13-15-17-18-19-20-21-22-23-24-26-28-30-32-34-41(44)52-39(37-50-53(47,48)51-38-40(43)42(45)46)36-49-35-33-31-29-27-25-16-14-12-10-8-6-4-2/h39-40H,3-38,43H2,1-2H3,(H,45,46)(H,47,48). The fourth-order valence-corrected chi connectivity index (χ4v) is 7.21. The molecule has 0 heterocycles. The number of carbonyl (C=O) groups excluding carboxylic acids is 1. The maximum atomic E-state index is 12.6. The first kappa shape index (κ1) is 52.0. The number of carboxylic acid groups (broad SMARTS) is 1. The van der Waals surface area contributed by atoms with Crippen LogP contribution < -0.4 is 5.73 Å². The molecule has 0 rings (SSSR count). The monoisotopic (exact) mass is 778 g/mol. The highest BCUT2D eigenvalue weighted by Crippen LogP contribution is 2.43. The third-order valence-corrected chi connectivity index (χ3v) is 10.8. The van der Waals surface area contributed by atoms with Crippen molar-refractivity contribution in [3.8, 4) is 0 Å². The van der Waals surface area contributed by atoms with Gasteiger partial charge in [-0.3, -0.25) is 18.6 Å². The van der Waals surface area contributed by atoms with Gasteiger partial charge in [0, 0.05) is 13.0 Å². The van der Waals surface area contributed by atoms with Crippen molar-refractivity contribution < 1.29 is 42.7 Å². The summed E-state index contributed by atoms with van der Waals surface area (Å²) in [6.45, 7) is 3.92. The number of hydrogen-bond donors (Lipinski definition) is 3. The van der Waals surface area contributed by atoms with E-state index in [0.717, 1.165) is 38.5 Å². The van der Waals surface area contributed by atoms with E-state index in [-0.39, 0.29) is 13.0 Å². The van der Waals surface area contributed by atoms with Crippen LogP contribution in [0.5, 0.6) is 0 Å². The summed E-state index contributed by atoms with van der Waals surface area (Å²) in [6.07, 6.45) is 38.7. The number of hydrogen-bond acceptors (Lipinski definition) is 8. The van der Waals surface area contributed by atoms with Gasteiger partial charge in [-0.1, -0.05) is 200 Å². The second-order valence-corrected chi connectivity index (χ2v) is 16.6. The molecular weight excluding hydrogens is 693 g/mol. The fourth-order valence-electron chi connectivity index (χ4n) is 6.43. The predicted molar refractivity (Wildman–Crippen MR) is 217 cm³/mol. The molecule has 0 aliphatic rings. The van der Waals surface area contributed by atoms with Gasteiger partial charge in [0.2, 0.25) is 0 Å². The minimum absolute atomic E-state index is 0.0254. The zero-order valence-corrected chi connectivity index (χ0v) is 35.3. The molecule has 316 valence electrons. The molecule has 10 nitrogen and oxygen atoms in total. The number of rotatable bonds is 43. The zero-order valence-electron chi connectivity index (χ0n) is 34.4. The van der Waals surface area contributed by atoms with Crippen LogP contribution in [0.3, 0.4) is 0 Å². The van der Waals surface area contributed by atoms with Crippen molar-refractivity contribution in [2.24, 2.45) is 5.73 Å². The van der Waals surface area contributed by atoms with Crippen LogP contribution in [0.2, 0.25) is 0 Å². The van der Waals surface area contributed by atoms with Gasteiger partial charge in [-0.25, -0.2) is 4.57 Å². The Morgan fingerprint density at radius 3 is 1.25 bits per heavy atom. The number of ether oxygens (including phenoxy) is 2. The molecule has 0 fully saturated rings. The molecule has 0 bridgehead atoms. The number of unbranched alkanes of at least 4 members (excludes halogenated alkanes) is 29. The fraction of sp³-hybridized carbons (Fsp3) is 0.952. The lowest BCUT2D eigenvalue weighted by molar-refractivity contribution is -0.154. The molecule has 53 heavy (non-hydrogen) atoms. The molecule has 11 heteroatoms. The number of phosphoric ester groups is 1. The lowest BCUT2D eigenvalue weighted by Crippen LogP contribution is -2.34. The van der Waals surface area contributed by atoms with E-state index in [2.05, 4.69) is 13.8 Å². The first-order valence-electron chi connectivity index (χ1n) is 22.1. The number of aliphatic carboxylic acids is 1. The van der Waals surface area contributed by atoms with Crippen molar-refractivity contribution >= 4 is 19.8 Å². The number of esters is 1. The molecule has 0 aliphatic carbocycles. The van der Waals surface area contributed by atoms with E-state index in [0.29, 0.717) is 6.61 Å². The molecule has 3 atom stereocenters. The molecule has 0 saturated carbocycles. The van der Waals surface area contributed by atoms with E-state index in [9.17, 15) is 19.0 Å². The summed E-state index contributed by atoms with van der Waals surface area (Å²) >= 11 is 0. The summed E-state index contributed by atoms with van der Waals surface area (Å²) in [5, 5.41) is 8.89. The van der Waals surface area contributed by atoms with Crippen molar-refractivity contribution in [1.82, 2.24) is 0 Å². The molecule has 0 aromatic heterocycles. The Bertz CT molecular complexity index is 862. The molecule has 0 aliphatic heterocycles. The summed E-state index contributed by atoms with van der Waals surface area (Å²) in [6, 6.07) is -1.47.